The summed E-state index contributed by atoms with van der Waals surface area (Å²) in [6.45, 7) is 2.08. The molecule has 4 heteroatoms. The van der Waals surface area contributed by atoms with Gasteiger partial charge in [0.1, 0.15) is 0 Å². The lowest BCUT2D eigenvalue weighted by Gasteiger charge is -2.03. The van der Waals surface area contributed by atoms with Crippen molar-refractivity contribution in [3.05, 3.63) is 59.5 Å². The van der Waals surface area contributed by atoms with Gasteiger partial charge in [0.2, 0.25) is 0 Å². The first-order valence-corrected chi connectivity index (χ1v) is 7.24. The molecule has 0 saturated heterocycles. The first kappa shape index (κ1) is 12.7. The predicted molar refractivity (Wildman–Crippen MR) is 86.4 cm³/mol. The Morgan fingerprint density at radius 2 is 1.90 bits per heavy atom. The van der Waals surface area contributed by atoms with Crippen LogP contribution in [0, 0.1) is 6.92 Å². The predicted octanol–water partition coefficient (Wildman–Crippen LogP) is 4.44. The number of rotatable bonds is 3. The second-order valence-corrected chi connectivity index (χ2v) is 5.51. The minimum absolute atomic E-state index is 0.741. The molecule has 0 saturated carbocycles. The van der Waals surface area contributed by atoms with E-state index in [2.05, 4.69) is 46.9 Å². The standard InChI is InChI=1S/C16H15N3S/c1-11-5-7-12(8-6-11)15-10-20-16(19-15)18-14-4-2-3-13(17)9-14/h2-10H,17H2,1H3,(H,18,19). The van der Waals surface area contributed by atoms with Crippen molar-refractivity contribution in [2.75, 3.05) is 11.1 Å². The minimum Gasteiger partial charge on any atom is -0.399 e. The van der Waals surface area contributed by atoms with E-state index in [1.54, 1.807) is 11.3 Å². The number of nitrogens with one attached hydrogen (secondary N) is 1. The van der Waals surface area contributed by atoms with Crippen LogP contribution in [0.25, 0.3) is 11.3 Å². The van der Waals surface area contributed by atoms with Crippen molar-refractivity contribution in [2.45, 2.75) is 6.92 Å². The van der Waals surface area contributed by atoms with E-state index in [1.807, 2.05) is 24.3 Å². The van der Waals surface area contributed by atoms with Crippen LogP contribution >= 0.6 is 11.3 Å². The zero-order chi connectivity index (χ0) is 13.9. The lowest BCUT2D eigenvalue weighted by atomic mass is 10.1. The van der Waals surface area contributed by atoms with Crippen molar-refractivity contribution < 1.29 is 0 Å². The number of aromatic nitrogens is 1. The van der Waals surface area contributed by atoms with Crippen molar-refractivity contribution in [1.29, 1.82) is 0 Å². The summed E-state index contributed by atoms with van der Waals surface area (Å²) in [5.74, 6) is 0. The Morgan fingerprint density at radius 1 is 1.10 bits per heavy atom. The van der Waals surface area contributed by atoms with Crippen LogP contribution in [0.15, 0.2) is 53.9 Å². The average molecular weight is 281 g/mol. The van der Waals surface area contributed by atoms with Crippen molar-refractivity contribution in [1.82, 2.24) is 4.98 Å². The molecule has 0 aliphatic heterocycles. The Bertz CT molecular complexity index is 717. The smallest absolute Gasteiger partial charge is 0.187 e. The fourth-order valence-electron chi connectivity index (χ4n) is 1.93. The lowest BCUT2D eigenvalue weighted by Crippen LogP contribution is -1.91. The third-order valence-corrected chi connectivity index (χ3v) is 3.75. The monoisotopic (exact) mass is 281 g/mol. The Morgan fingerprint density at radius 3 is 2.65 bits per heavy atom. The van der Waals surface area contributed by atoms with Gasteiger partial charge in [-0.25, -0.2) is 4.98 Å². The molecule has 0 spiro atoms. The van der Waals surface area contributed by atoms with Gasteiger partial charge in [0.05, 0.1) is 5.69 Å². The molecule has 3 nitrogen and oxygen atoms in total. The fraction of sp³-hybridized carbons (Fsp3) is 0.0625. The summed E-state index contributed by atoms with van der Waals surface area (Å²) < 4.78 is 0. The van der Waals surface area contributed by atoms with Crippen molar-refractivity contribution >= 4 is 27.8 Å². The van der Waals surface area contributed by atoms with Gasteiger partial charge in [-0.05, 0) is 25.1 Å². The average Bonchev–Trinajstić information content (AvgIpc) is 2.88. The number of anilines is 3. The molecule has 3 aromatic rings. The Kier molecular flexibility index (Phi) is 3.39. The number of hydrogen-bond acceptors (Lipinski definition) is 4. The van der Waals surface area contributed by atoms with Gasteiger partial charge in [0, 0.05) is 22.3 Å². The van der Waals surface area contributed by atoms with E-state index in [4.69, 9.17) is 5.73 Å². The van der Waals surface area contributed by atoms with Crippen LogP contribution in [-0.4, -0.2) is 4.98 Å². The van der Waals surface area contributed by atoms with Crippen LogP contribution < -0.4 is 11.1 Å². The third kappa shape index (κ3) is 2.81. The number of nitrogens with zero attached hydrogens (tertiary/aromatic N) is 1. The molecule has 0 amide bonds. The molecule has 20 heavy (non-hydrogen) atoms. The molecule has 0 unspecified atom stereocenters. The number of aryl methyl sites for hydroxylation is 1. The summed E-state index contributed by atoms with van der Waals surface area (Å²) in [4.78, 5) is 4.60. The molecular formula is C16H15N3S. The maximum atomic E-state index is 5.77. The molecule has 1 heterocycles. The quantitative estimate of drug-likeness (QED) is 0.698. The zero-order valence-corrected chi connectivity index (χ0v) is 11.9. The van der Waals surface area contributed by atoms with Crippen LogP contribution in [0.1, 0.15) is 5.56 Å². The SMILES string of the molecule is Cc1ccc(-c2csc(Nc3cccc(N)c3)n2)cc1. The number of benzene rings is 2. The van der Waals surface area contributed by atoms with Crippen molar-refractivity contribution in [3.63, 3.8) is 0 Å². The van der Waals surface area contributed by atoms with Gasteiger partial charge < -0.3 is 11.1 Å². The number of nitrogen functional groups attached to an aromatic ring is 1. The molecule has 3 rings (SSSR count). The van der Waals surface area contributed by atoms with Crippen LogP contribution in [0.4, 0.5) is 16.5 Å². The number of nitrogens with two attached hydrogens (primary N) is 1. The largest absolute Gasteiger partial charge is 0.399 e. The summed E-state index contributed by atoms with van der Waals surface area (Å²) in [6.07, 6.45) is 0. The zero-order valence-electron chi connectivity index (χ0n) is 11.1. The molecule has 100 valence electrons. The molecule has 0 bridgehead atoms. The van der Waals surface area contributed by atoms with Crippen LogP contribution in [0.3, 0.4) is 0 Å². The Labute approximate surface area is 122 Å². The van der Waals surface area contributed by atoms with Gasteiger partial charge in [0.25, 0.3) is 0 Å². The molecule has 2 aromatic carbocycles. The Balaban J connectivity index is 1.82. The van der Waals surface area contributed by atoms with Crippen LogP contribution in [-0.2, 0) is 0 Å². The summed E-state index contributed by atoms with van der Waals surface area (Å²) in [6, 6.07) is 16.0. The first-order valence-electron chi connectivity index (χ1n) is 6.36. The third-order valence-electron chi connectivity index (χ3n) is 2.99. The molecule has 0 radical (unpaired) electrons. The molecule has 0 aliphatic rings. The lowest BCUT2D eigenvalue weighted by molar-refractivity contribution is 1.37. The van der Waals surface area contributed by atoms with Gasteiger partial charge in [-0.3, -0.25) is 0 Å². The van der Waals surface area contributed by atoms with E-state index in [-0.39, 0.29) is 0 Å². The van der Waals surface area contributed by atoms with Crippen molar-refractivity contribution in [2.24, 2.45) is 0 Å². The highest BCUT2D eigenvalue weighted by Crippen LogP contribution is 2.27. The molecule has 1 aromatic heterocycles. The highest BCUT2D eigenvalue weighted by Gasteiger charge is 2.04. The van der Waals surface area contributed by atoms with E-state index >= 15 is 0 Å². The summed E-state index contributed by atoms with van der Waals surface area (Å²) >= 11 is 1.59. The van der Waals surface area contributed by atoms with E-state index in [0.717, 1.165) is 27.8 Å². The second kappa shape index (κ2) is 5.35. The molecule has 0 aliphatic carbocycles. The number of hydrogen-bond donors (Lipinski definition) is 2. The minimum atomic E-state index is 0.741. The van der Waals surface area contributed by atoms with Gasteiger partial charge in [0.15, 0.2) is 5.13 Å². The maximum Gasteiger partial charge on any atom is 0.187 e. The van der Waals surface area contributed by atoms with E-state index in [0.29, 0.717) is 0 Å². The van der Waals surface area contributed by atoms with Crippen LogP contribution in [0.5, 0.6) is 0 Å². The maximum absolute atomic E-state index is 5.77. The fourth-order valence-corrected chi connectivity index (χ4v) is 2.67. The van der Waals surface area contributed by atoms with Gasteiger partial charge in [-0.2, -0.15) is 0 Å². The highest BCUT2D eigenvalue weighted by molar-refractivity contribution is 7.14. The summed E-state index contributed by atoms with van der Waals surface area (Å²) in [7, 11) is 0. The van der Waals surface area contributed by atoms with Gasteiger partial charge in [-0.15, -0.1) is 11.3 Å². The molecule has 3 N–H and O–H groups in total. The molecular weight excluding hydrogens is 266 g/mol. The highest BCUT2D eigenvalue weighted by atomic mass is 32.1. The summed E-state index contributed by atoms with van der Waals surface area (Å²) in [5.41, 5.74) is 10.8. The normalized spacial score (nSPS) is 10.4. The second-order valence-electron chi connectivity index (χ2n) is 4.65. The van der Waals surface area contributed by atoms with Crippen LogP contribution in [0.2, 0.25) is 0 Å². The van der Waals surface area contributed by atoms with Gasteiger partial charge in [-0.1, -0.05) is 35.9 Å². The Hall–Kier alpha value is -2.33. The molecule has 0 atom stereocenters. The van der Waals surface area contributed by atoms with E-state index in [9.17, 15) is 0 Å². The van der Waals surface area contributed by atoms with E-state index < -0.39 is 0 Å². The molecule has 0 fully saturated rings. The number of thiazole rings is 1. The topological polar surface area (TPSA) is 50.9 Å². The van der Waals surface area contributed by atoms with Crippen molar-refractivity contribution in [3.8, 4) is 11.3 Å². The first-order chi connectivity index (χ1) is 9.70. The van der Waals surface area contributed by atoms with E-state index in [1.165, 1.54) is 5.56 Å². The summed E-state index contributed by atoms with van der Waals surface area (Å²) in [5, 5.41) is 6.20. The van der Waals surface area contributed by atoms with Gasteiger partial charge >= 0.3 is 0 Å².